The molecule has 0 aromatic carbocycles. The van der Waals surface area contributed by atoms with Crippen molar-refractivity contribution in [2.75, 3.05) is 25.4 Å². The first-order valence-electron chi connectivity index (χ1n) is 4.01. The van der Waals surface area contributed by atoms with Crippen molar-refractivity contribution in [1.82, 2.24) is 4.72 Å². The van der Waals surface area contributed by atoms with Gasteiger partial charge < -0.3 is 10.5 Å². The maximum atomic E-state index is 10.9. The molecule has 0 aliphatic rings. The fourth-order valence-electron chi connectivity index (χ4n) is 0.532. The molecule has 0 unspecified atom stereocenters. The molecule has 5 heteroatoms. The average Bonchev–Trinajstić information content (AvgIpc) is 2.06. The Morgan fingerprint density at radius 3 is 3.00 bits per heavy atom. The summed E-state index contributed by atoms with van der Waals surface area (Å²) in [6, 6.07) is 0. The van der Waals surface area contributed by atoms with Gasteiger partial charge in [0, 0.05) is 5.75 Å². The van der Waals surface area contributed by atoms with Crippen molar-refractivity contribution in [3.8, 4) is 0 Å². The maximum absolute atomic E-state index is 10.9. The molecular weight excluding hydrogens is 176 g/mol. The summed E-state index contributed by atoms with van der Waals surface area (Å²) in [4.78, 5) is 10.9. The number of nitrogens with two attached hydrogens (primary N) is 1. The summed E-state index contributed by atoms with van der Waals surface area (Å²) in [5.74, 6) is 0.722. The molecular formula is C7H16N2O2S. The van der Waals surface area contributed by atoms with Crippen LogP contribution in [0.25, 0.3) is 0 Å². The normalized spacial score (nSPS) is 9.83. The lowest BCUT2D eigenvalue weighted by atomic mass is 10.5. The van der Waals surface area contributed by atoms with E-state index in [0.717, 1.165) is 12.2 Å². The average molecular weight is 192 g/mol. The largest absolute Gasteiger partial charge is 0.465 e. The van der Waals surface area contributed by atoms with Crippen LogP contribution in [-0.4, -0.2) is 31.4 Å². The smallest absolute Gasteiger partial charge is 0.320 e. The lowest BCUT2D eigenvalue weighted by Crippen LogP contribution is -2.20. The number of hydrogen-bond acceptors (Lipinski definition) is 5. The Hall–Kier alpha value is -0.260. The van der Waals surface area contributed by atoms with Gasteiger partial charge in [-0.05, 0) is 13.0 Å². The monoisotopic (exact) mass is 192 g/mol. The second-order valence-corrected chi connectivity index (χ2v) is 3.27. The minimum atomic E-state index is -0.218. The van der Waals surface area contributed by atoms with Crippen LogP contribution in [0.3, 0.4) is 0 Å². The first-order valence-corrected chi connectivity index (χ1v) is 5.00. The third-order valence-electron chi connectivity index (χ3n) is 1.07. The molecule has 0 saturated heterocycles. The van der Waals surface area contributed by atoms with Gasteiger partial charge in [-0.15, -0.1) is 0 Å². The highest BCUT2D eigenvalue weighted by Crippen LogP contribution is 1.89. The Morgan fingerprint density at radius 2 is 2.42 bits per heavy atom. The van der Waals surface area contributed by atoms with Crippen molar-refractivity contribution in [1.29, 1.82) is 0 Å². The standard InChI is InChI=1S/C7H16N2O2S/c1-2-12-9-6-7(10)11-5-3-4-8/h9H,2-6,8H2,1H3. The maximum Gasteiger partial charge on any atom is 0.320 e. The Balaban J connectivity index is 3.10. The molecule has 0 fully saturated rings. The number of carbonyl (C=O) groups excluding carboxylic acids is 1. The second kappa shape index (κ2) is 8.83. The van der Waals surface area contributed by atoms with Gasteiger partial charge in [-0.1, -0.05) is 18.9 Å². The van der Waals surface area contributed by atoms with Crippen LogP contribution < -0.4 is 10.5 Å². The highest BCUT2D eigenvalue weighted by Gasteiger charge is 1.99. The van der Waals surface area contributed by atoms with Crippen LogP contribution in [0, 0.1) is 0 Å². The molecule has 4 nitrogen and oxygen atoms in total. The molecule has 3 N–H and O–H groups in total. The van der Waals surface area contributed by atoms with E-state index in [2.05, 4.69) is 4.72 Å². The lowest BCUT2D eigenvalue weighted by molar-refractivity contribution is -0.142. The third kappa shape index (κ3) is 7.84. The molecule has 0 spiro atoms. The Kier molecular flexibility index (Phi) is 8.64. The van der Waals surface area contributed by atoms with Crippen LogP contribution in [0.15, 0.2) is 0 Å². The van der Waals surface area contributed by atoms with E-state index in [1.165, 1.54) is 11.9 Å². The number of carbonyl (C=O) groups is 1. The fraction of sp³-hybridized carbons (Fsp3) is 0.857. The summed E-state index contributed by atoms with van der Waals surface area (Å²) >= 11 is 1.50. The zero-order valence-electron chi connectivity index (χ0n) is 7.34. The molecule has 0 aromatic heterocycles. The van der Waals surface area contributed by atoms with E-state index in [-0.39, 0.29) is 12.5 Å². The van der Waals surface area contributed by atoms with E-state index in [9.17, 15) is 4.79 Å². The van der Waals surface area contributed by atoms with Gasteiger partial charge in [0.2, 0.25) is 0 Å². The molecule has 0 aromatic rings. The van der Waals surface area contributed by atoms with Crippen molar-refractivity contribution in [3.05, 3.63) is 0 Å². The number of ether oxygens (including phenoxy) is 1. The van der Waals surface area contributed by atoms with Crippen LogP contribution >= 0.6 is 11.9 Å². The highest BCUT2D eigenvalue weighted by atomic mass is 32.2. The Bertz CT molecular complexity index is 110. The van der Waals surface area contributed by atoms with Gasteiger partial charge in [0.15, 0.2) is 0 Å². The van der Waals surface area contributed by atoms with E-state index >= 15 is 0 Å². The van der Waals surface area contributed by atoms with Crippen molar-refractivity contribution < 1.29 is 9.53 Å². The van der Waals surface area contributed by atoms with E-state index in [4.69, 9.17) is 10.5 Å². The quantitative estimate of drug-likeness (QED) is 0.341. The molecule has 0 rings (SSSR count). The molecule has 0 amide bonds. The summed E-state index contributed by atoms with van der Waals surface area (Å²) < 4.78 is 7.71. The summed E-state index contributed by atoms with van der Waals surface area (Å²) in [5.41, 5.74) is 5.23. The fourth-order valence-corrected chi connectivity index (χ4v) is 0.956. The van der Waals surface area contributed by atoms with Gasteiger partial charge in [-0.25, -0.2) is 0 Å². The Morgan fingerprint density at radius 1 is 1.67 bits per heavy atom. The zero-order chi connectivity index (χ0) is 9.23. The molecule has 0 aliphatic carbocycles. The topological polar surface area (TPSA) is 64.3 Å². The third-order valence-corrected chi connectivity index (χ3v) is 1.71. The summed E-state index contributed by atoms with van der Waals surface area (Å²) in [5, 5.41) is 0. The van der Waals surface area contributed by atoms with Crippen molar-refractivity contribution in [2.24, 2.45) is 5.73 Å². The molecule has 0 saturated carbocycles. The first kappa shape index (κ1) is 11.7. The predicted molar refractivity (Wildman–Crippen MR) is 50.8 cm³/mol. The second-order valence-electron chi connectivity index (χ2n) is 2.12. The van der Waals surface area contributed by atoms with Gasteiger partial charge in [0.25, 0.3) is 0 Å². The van der Waals surface area contributed by atoms with Gasteiger partial charge in [-0.2, -0.15) is 0 Å². The lowest BCUT2D eigenvalue weighted by Gasteiger charge is -2.03. The molecule has 0 heterocycles. The number of esters is 1. The number of hydrogen-bond donors (Lipinski definition) is 2. The minimum Gasteiger partial charge on any atom is -0.465 e. The van der Waals surface area contributed by atoms with Crippen LogP contribution in [0.1, 0.15) is 13.3 Å². The van der Waals surface area contributed by atoms with Crippen LogP contribution in [-0.2, 0) is 9.53 Å². The van der Waals surface area contributed by atoms with Gasteiger partial charge in [-0.3, -0.25) is 9.52 Å². The molecule has 72 valence electrons. The van der Waals surface area contributed by atoms with E-state index in [1.807, 2.05) is 6.92 Å². The molecule has 12 heavy (non-hydrogen) atoms. The molecule has 0 atom stereocenters. The van der Waals surface area contributed by atoms with E-state index < -0.39 is 0 Å². The molecule has 0 bridgehead atoms. The van der Waals surface area contributed by atoms with Gasteiger partial charge >= 0.3 is 5.97 Å². The number of rotatable bonds is 7. The van der Waals surface area contributed by atoms with Crippen molar-refractivity contribution in [2.45, 2.75) is 13.3 Å². The van der Waals surface area contributed by atoms with Gasteiger partial charge in [0.1, 0.15) is 6.54 Å². The zero-order valence-corrected chi connectivity index (χ0v) is 8.15. The van der Waals surface area contributed by atoms with E-state index in [1.54, 1.807) is 0 Å². The summed E-state index contributed by atoms with van der Waals surface area (Å²) in [6.45, 7) is 3.26. The summed E-state index contributed by atoms with van der Waals surface area (Å²) in [6.07, 6.45) is 0.729. The Labute approximate surface area is 77.4 Å². The molecule has 0 aliphatic heterocycles. The van der Waals surface area contributed by atoms with Crippen LogP contribution in [0.2, 0.25) is 0 Å². The predicted octanol–water partition coefficient (Wildman–Crippen LogP) is 0.136. The SMILES string of the molecule is CCSNCC(=O)OCCCN. The summed E-state index contributed by atoms with van der Waals surface area (Å²) in [7, 11) is 0. The number of nitrogens with one attached hydrogen (secondary N) is 1. The molecule has 0 radical (unpaired) electrons. The van der Waals surface area contributed by atoms with Crippen LogP contribution in [0.4, 0.5) is 0 Å². The van der Waals surface area contributed by atoms with Gasteiger partial charge in [0.05, 0.1) is 6.61 Å². The van der Waals surface area contributed by atoms with Crippen molar-refractivity contribution in [3.63, 3.8) is 0 Å². The van der Waals surface area contributed by atoms with E-state index in [0.29, 0.717) is 13.2 Å². The van der Waals surface area contributed by atoms with Crippen molar-refractivity contribution >= 4 is 17.9 Å². The van der Waals surface area contributed by atoms with Crippen LogP contribution in [0.5, 0.6) is 0 Å². The minimum absolute atomic E-state index is 0.218. The highest BCUT2D eigenvalue weighted by molar-refractivity contribution is 7.97. The first-order chi connectivity index (χ1) is 5.81.